The van der Waals surface area contributed by atoms with E-state index in [1.165, 1.54) is 12.1 Å². The Morgan fingerprint density at radius 2 is 2.00 bits per heavy atom. The molecule has 0 saturated carbocycles. The summed E-state index contributed by atoms with van der Waals surface area (Å²) in [5.41, 5.74) is 5.71. The molecule has 0 radical (unpaired) electrons. The summed E-state index contributed by atoms with van der Waals surface area (Å²) in [4.78, 5) is 24.5. The van der Waals surface area contributed by atoms with Crippen LogP contribution >= 0.6 is 11.8 Å². The molecule has 1 amide bonds. The van der Waals surface area contributed by atoms with Gasteiger partial charge in [-0.05, 0) is 12.1 Å². The van der Waals surface area contributed by atoms with E-state index in [1.807, 2.05) is 11.8 Å². The Balaban J connectivity index is 2.25. The van der Waals surface area contributed by atoms with Gasteiger partial charge in [0.1, 0.15) is 5.69 Å². The predicted molar refractivity (Wildman–Crippen MR) is 79.9 cm³/mol. The maximum atomic E-state index is 12.4. The van der Waals surface area contributed by atoms with Crippen molar-refractivity contribution >= 4 is 29.0 Å². The molecule has 0 bridgehead atoms. The van der Waals surface area contributed by atoms with Crippen molar-refractivity contribution < 1.29 is 9.72 Å². The third-order valence-electron chi connectivity index (χ3n) is 3.18. The molecule has 20 heavy (non-hydrogen) atoms. The van der Waals surface area contributed by atoms with Crippen LogP contribution in [0.5, 0.6) is 0 Å². The fraction of sp³-hybridized carbons (Fsp3) is 0.462. The molecule has 108 valence electrons. The van der Waals surface area contributed by atoms with Crippen LogP contribution in [0.15, 0.2) is 18.2 Å². The van der Waals surface area contributed by atoms with Crippen molar-refractivity contribution in [2.75, 3.05) is 18.8 Å². The highest BCUT2D eigenvalue weighted by Crippen LogP contribution is 2.27. The van der Waals surface area contributed by atoms with E-state index >= 15 is 0 Å². The van der Waals surface area contributed by atoms with Crippen molar-refractivity contribution in [3.8, 4) is 0 Å². The van der Waals surface area contributed by atoms with Gasteiger partial charge < -0.3 is 10.6 Å². The molecule has 1 aliphatic heterocycles. The van der Waals surface area contributed by atoms with Gasteiger partial charge in [0.2, 0.25) is 0 Å². The summed E-state index contributed by atoms with van der Waals surface area (Å²) in [6.07, 6.45) is 0. The lowest BCUT2D eigenvalue weighted by atomic mass is 10.1. The first-order valence-electron chi connectivity index (χ1n) is 6.37. The number of nitrogens with zero attached hydrogens (tertiary/aromatic N) is 2. The van der Waals surface area contributed by atoms with Gasteiger partial charge in [-0.3, -0.25) is 14.9 Å². The molecule has 7 heteroatoms. The van der Waals surface area contributed by atoms with Crippen molar-refractivity contribution in [2.45, 2.75) is 24.3 Å². The summed E-state index contributed by atoms with van der Waals surface area (Å²) < 4.78 is 0. The van der Waals surface area contributed by atoms with Gasteiger partial charge in [-0.1, -0.05) is 13.8 Å². The number of anilines is 1. The fourth-order valence-electron chi connectivity index (χ4n) is 2.36. The number of hydrogen-bond acceptors (Lipinski definition) is 5. The molecule has 1 aromatic rings. The summed E-state index contributed by atoms with van der Waals surface area (Å²) in [7, 11) is 0. The SMILES string of the molecule is CC1CN(C(=O)c2ccc(N)c([N+](=O)[O-])c2)CC(C)S1. The van der Waals surface area contributed by atoms with Crippen LogP contribution in [0.25, 0.3) is 0 Å². The lowest BCUT2D eigenvalue weighted by molar-refractivity contribution is -0.383. The van der Waals surface area contributed by atoms with Gasteiger partial charge in [-0.15, -0.1) is 0 Å². The van der Waals surface area contributed by atoms with Crippen LogP contribution in [-0.2, 0) is 0 Å². The highest BCUT2D eigenvalue weighted by molar-refractivity contribution is 8.00. The van der Waals surface area contributed by atoms with E-state index in [2.05, 4.69) is 13.8 Å². The topological polar surface area (TPSA) is 89.5 Å². The number of nitrogen functional groups attached to an aromatic ring is 1. The zero-order chi connectivity index (χ0) is 14.9. The molecule has 2 atom stereocenters. The number of thioether (sulfide) groups is 1. The lowest BCUT2D eigenvalue weighted by Gasteiger charge is -2.34. The van der Waals surface area contributed by atoms with Crippen molar-refractivity contribution in [1.82, 2.24) is 4.90 Å². The van der Waals surface area contributed by atoms with E-state index in [1.54, 1.807) is 11.0 Å². The molecular formula is C13H17N3O3S. The van der Waals surface area contributed by atoms with Crippen LogP contribution in [0, 0.1) is 10.1 Å². The predicted octanol–water partition coefficient (Wildman–Crippen LogP) is 2.14. The maximum Gasteiger partial charge on any atom is 0.292 e. The van der Waals surface area contributed by atoms with Gasteiger partial charge >= 0.3 is 0 Å². The number of hydrogen-bond donors (Lipinski definition) is 1. The Hall–Kier alpha value is -1.76. The number of nitro groups is 1. The molecule has 2 unspecified atom stereocenters. The molecule has 1 saturated heterocycles. The molecule has 1 aliphatic rings. The zero-order valence-electron chi connectivity index (χ0n) is 11.4. The van der Waals surface area contributed by atoms with Gasteiger partial charge in [0.25, 0.3) is 11.6 Å². The molecule has 6 nitrogen and oxygen atoms in total. The maximum absolute atomic E-state index is 12.4. The van der Waals surface area contributed by atoms with Crippen molar-refractivity contribution in [2.24, 2.45) is 0 Å². The summed E-state index contributed by atoms with van der Waals surface area (Å²) in [6.45, 7) is 5.47. The van der Waals surface area contributed by atoms with Crippen LogP contribution in [0.4, 0.5) is 11.4 Å². The van der Waals surface area contributed by atoms with Crippen LogP contribution < -0.4 is 5.73 Å². The second-order valence-electron chi connectivity index (χ2n) is 5.00. The van der Waals surface area contributed by atoms with Crippen LogP contribution in [0.3, 0.4) is 0 Å². The monoisotopic (exact) mass is 295 g/mol. The Bertz CT molecular complexity index is 540. The fourth-order valence-corrected chi connectivity index (χ4v) is 3.69. The highest BCUT2D eigenvalue weighted by atomic mass is 32.2. The van der Waals surface area contributed by atoms with Gasteiger partial charge in [-0.25, -0.2) is 0 Å². The van der Waals surface area contributed by atoms with Gasteiger partial charge in [0, 0.05) is 35.2 Å². The van der Waals surface area contributed by atoms with Crippen molar-refractivity contribution in [1.29, 1.82) is 0 Å². The number of carbonyl (C=O) groups excluding carboxylic acids is 1. The summed E-state index contributed by atoms with van der Waals surface area (Å²) in [6, 6.07) is 4.22. The summed E-state index contributed by atoms with van der Waals surface area (Å²) in [5, 5.41) is 11.6. The smallest absolute Gasteiger partial charge is 0.292 e. The minimum atomic E-state index is -0.566. The molecule has 1 aromatic carbocycles. The van der Waals surface area contributed by atoms with Gasteiger partial charge in [0.15, 0.2) is 0 Å². The Morgan fingerprint density at radius 1 is 1.40 bits per heavy atom. The van der Waals surface area contributed by atoms with Crippen LogP contribution in [0.2, 0.25) is 0 Å². The average Bonchev–Trinajstić information content (AvgIpc) is 2.37. The number of nitro benzene ring substituents is 1. The summed E-state index contributed by atoms with van der Waals surface area (Å²) >= 11 is 1.85. The quantitative estimate of drug-likeness (QED) is 0.513. The molecule has 0 spiro atoms. The number of rotatable bonds is 2. The third-order valence-corrected chi connectivity index (χ3v) is 4.41. The van der Waals surface area contributed by atoms with Gasteiger partial charge in [-0.2, -0.15) is 11.8 Å². The largest absolute Gasteiger partial charge is 0.393 e. The number of carbonyl (C=O) groups is 1. The first kappa shape index (κ1) is 14.6. The third kappa shape index (κ3) is 3.04. The van der Waals surface area contributed by atoms with E-state index in [9.17, 15) is 14.9 Å². The van der Waals surface area contributed by atoms with Crippen LogP contribution in [-0.4, -0.2) is 39.3 Å². The minimum absolute atomic E-state index is 0.0717. The molecule has 1 fully saturated rings. The van der Waals surface area contributed by atoms with Crippen molar-refractivity contribution in [3.63, 3.8) is 0 Å². The molecule has 2 rings (SSSR count). The van der Waals surface area contributed by atoms with E-state index in [4.69, 9.17) is 5.73 Å². The second-order valence-corrected chi connectivity index (χ2v) is 6.88. The van der Waals surface area contributed by atoms with E-state index in [0.29, 0.717) is 29.2 Å². The molecule has 0 aromatic heterocycles. The Morgan fingerprint density at radius 3 is 2.55 bits per heavy atom. The standard InChI is InChI=1S/C13H17N3O3S/c1-8-6-15(7-9(2)20-8)13(17)10-3-4-11(14)12(5-10)16(18)19/h3-5,8-9H,6-7,14H2,1-2H3. The zero-order valence-corrected chi connectivity index (χ0v) is 12.2. The highest BCUT2D eigenvalue weighted by Gasteiger charge is 2.27. The lowest BCUT2D eigenvalue weighted by Crippen LogP contribution is -2.44. The first-order valence-corrected chi connectivity index (χ1v) is 7.31. The minimum Gasteiger partial charge on any atom is -0.393 e. The number of benzene rings is 1. The Kier molecular flexibility index (Phi) is 4.17. The average molecular weight is 295 g/mol. The Labute approximate surface area is 121 Å². The van der Waals surface area contributed by atoms with E-state index in [0.717, 1.165) is 0 Å². The number of nitrogens with two attached hydrogens (primary N) is 1. The second kappa shape index (κ2) is 5.70. The molecule has 2 N–H and O–H groups in total. The van der Waals surface area contributed by atoms with E-state index in [-0.39, 0.29) is 17.3 Å². The van der Waals surface area contributed by atoms with Gasteiger partial charge in [0.05, 0.1) is 4.92 Å². The molecular weight excluding hydrogens is 278 g/mol. The van der Waals surface area contributed by atoms with Crippen molar-refractivity contribution in [3.05, 3.63) is 33.9 Å². The van der Waals surface area contributed by atoms with Crippen LogP contribution in [0.1, 0.15) is 24.2 Å². The normalized spacial score (nSPS) is 22.6. The molecule has 0 aliphatic carbocycles. The van der Waals surface area contributed by atoms with E-state index < -0.39 is 4.92 Å². The first-order chi connectivity index (χ1) is 9.38. The molecule has 1 heterocycles. The summed E-state index contributed by atoms with van der Waals surface area (Å²) in [5.74, 6) is -0.174. The number of amides is 1.